The van der Waals surface area contributed by atoms with E-state index in [4.69, 9.17) is 4.74 Å². The number of hydrogen-bond donors (Lipinski definition) is 6. The van der Waals surface area contributed by atoms with Gasteiger partial charge in [0, 0.05) is 36.8 Å². The van der Waals surface area contributed by atoms with Crippen LogP contribution in [0.4, 0.5) is 4.79 Å². The Morgan fingerprint density at radius 1 is 0.915 bits per heavy atom. The Morgan fingerprint density at radius 3 is 2.26 bits per heavy atom. The zero-order valence-electron chi connectivity index (χ0n) is 25.3. The number of unbranched alkanes of at least 4 members (excludes halogenated alkanes) is 3. The quantitative estimate of drug-likeness (QED) is 0.0627. The van der Waals surface area contributed by atoms with E-state index < -0.39 is 12.0 Å². The first kappa shape index (κ1) is 38.8. The number of nitrogens with one attached hydrogen (secondary N) is 4. The Labute approximate surface area is 332 Å². The number of fused-ring (bicyclic) bond motifs is 1. The third-order valence-electron chi connectivity index (χ3n) is 7.82. The van der Waals surface area contributed by atoms with Crippen LogP contribution in [0.2, 0.25) is 0 Å². The molecular formula is C31H36I4N4O7S. The van der Waals surface area contributed by atoms with E-state index in [1.54, 1.807) is 12.1 Å². The van der Waals surface area contributed by atoms with Crippen LogP contribution in [0.5, 0.6) is 17.2 Å². The number of phenolic OH excluding ortho intramolecular Hbond substituents is 1. The molecule has 4 atom stereocenters. The number of thioether (sulfide) groups is 1. The summed E-state index contributed by atoms with van der Waals surface area (Å²) in [7, 11) is 0. The SMILES string of the molecule is O=C(CCCC[C@@H]1SC[C@@H]2NC(=O)N[C@@H]21)NCCCCCC(=O)N[C@@H](Cc1cc(I)c(Oc2cc(I)c(O)c(I)c2)c(I)c1)C(=O)O. The number of hydrogen-bond acceptors (Lipinski definition) is 7. The fourth-order valence-electron chi connectivity index (χ4n) is 5.43. The first-order valence-corrected chi connectivity index (χ1v) is 20.6. The van der Waals surface area contributed by atoms with E-state index in [-0.39, 0.29) is 48.5 Å². The Balaban J connectivity index is 1.11. The van der Waals surface area contributed by atoms with Gasteiger partial charge in [-0.05, 0) is 146 Å². The summed E-state index contributed by atoms with van der Waals surface area (Å²) in [6.07, 6.45) is 5.61. The lowest BCUT2D eigenvalue weighted by molar-refractivity contribution is -0.141. The number of rotatable bonds is 17. The van der Waals surface area contributed by atoms with Crippen molar-refractivity contribution in [1.29, 1.82) is 0 Å². The summed E-state index contributed by atoms with van der Waals surface area (Å²) in [5, 5.41) is 31.8. The fraction of sp³-hybridized carbons (Fsp3) is 0.484. The molecule has 6 N–H and O–H groups in total. The van der Waals surface area contributed by atoms with E-state index in [2.05, 4.69) is 66.4 Å². The van der Waals surface area contributed by atoms with Gasteiger partial charge in [0.15, 0.2) is 5.75 Å². The van der Waals surface area contributed by atoms with Gasteiger partial charge in [-0.25, -0.2) is 9.59 Å². The number of carboxylic acid groups (broad SMARTS) is 1. The average molecular weight is 1120 g/mol. The molecule has 47 heavy (non-hydrogen) atoms. The van der Waals surface area contributed by atoms with Gasteiger partial charge in [-0.2, -0.15) is 11.8 Å². The topological polar surface area (TPSA) is 166 Å². The number of ether oxygens (including phenoxy) is 1. The number of urea groups is 1. The highest BCUT2D eigenvalue weighted by atomic mass is 127. The number of halogens is 4. The zero-order chi connectivity index (χ0) is 34.1. The zero-order valence-corrected chi connectivity index (χ0v) is 34.7. The molecule has 0 radical (unpaired) electrons. The van der Waals surface area contributed by atoms with Crippen LogP contribution in [-0.2, 0) is 20.8 Å². The minimum atomic E-state index is -1.10. The van der Waals surface area contributed by atoms with Crippen molar-refractivity contribution in [1.82, 2.24) is 21.3 Å². The molecule has 2 aromatic rings. The van der Waals surface area contributed by atoms with Crippen LogP contribution < -0.4 is 26.0 Å². The first-order valence-electron chi connectivity index (χ1n) is 15.2. The van der Waals surface area contributed by atoms with Crippen molar-refractivity contribution in [3.05, 3.63) is 44.1 Å². The summed E-state index contributed by atoms with van der Waals surface area (Å²) in [6.45, 7) is 0.542. The smallest absolute Gasteiger partial charge is 0.326 e. The number of phenols is 1. The third kappa shape index (κ3) is 11.8. The summed E-state index contributed by atoms with van der Waals surface area (Å²) < 4.78 is 9.05. The molecule has 11 nitrogen and oxygen atoms in total. The predicted octanol–water partition coefficient (Wildman–Crippen LogP) is 6.12. The molecule has 0 unspecified atom stereocenters. The van der Waals surface area contributed by atoms with Crippen molar-refractivity contribution in [2.24, 2.45) is 0 Å². The largest absolute Gasteiger partial charge is 0.506 e. The number of carboxylic acids is 1. The Bertz CT molecular complexity index is 1440. The van der Waals surface area contributed by atoms with Crippen molar-refractivity contribution in [2.45, 2.75) is 81.2 Å². The highest BCUT2D eigenvalue weighted by Gasteiger charge is 2.42. The van der Waals surface area contributed by atoms with Crippen molar-refractivity contribution in [3.63, 3.8) is 0 Å². The summed E-state index contributed by atoms with van der Waals surface area (Å²) in [5.74, 6) is 0.962. The van der Waals surface area contributed by atoms with Gasteiger partial charge in [-0.1, -0.05) is 12.8 Å². The molecule has 0 bridgehead atoms. The monoisotopic (exact) mass is 1120 g/mol. The van der Waals surface area contributed by atoms with Gasteiger partial charge in [0.2, 0.25) is 11.8 Å². The van der Waals surface area contributed by atoms with E-state index >= 15 is 0 Å². The van der Waals surface area contributed by atoms with Crippen molar-refractivity contribution < 1.29 is 34.1 Å². The van der Waals surface area contributed by atoms with E-state index in [1.165, 1.54) is 0 Å². The second-order valence-electron chi connectivity index (χ2n) is 11.4. The summed E-state index contributed by atoms with van der Waals surface area (Å²) >= 11 is 10.3. The molecule has 0 saturated carbocycles. The highest BCUT2D eigenvalue weighted by molar-refractivity contribution is 14.1. The van der Waals surface area contributed by atoms with Gasteiger partial charge < -0.3 is 36.2 Å². The molecular weight excluding hydrogens is 1080 g/mol. The third-order valence-corrected chi connectivity index (χ3v) is 12.6. The van der Waals surface area contributed by atoms with Gasteiger partial charge in [0.05, 0.1) is 26.4 Å². The average Bonchev–Trinajstić information content (AvgIpc) is 3.56. The van der Waals surface area contributed by atoms with Crippen LogP contribution in [0.1, 0.15) is 56.9 Å². The van der Waals surface area contributed by atoms with E-state index in [1.807, 2.05) is 69.1 Å². The number of aliphatic carboxylic acids is 1. The van der Waals surface area contributed by atoms with Crippen molar-refractivity contribution in [2.75, 3.05) is 12.3 Å². The van der Waals surface area contributed by atoms with Crippen LogP contribution in [0.15, 0.2) is 24.3 Å². The van der Waals surface area contributed by atoms with E-state index in [9.17, 15) is 29.4 Å². The van der Waals surface area contributed by atoms with Crippen molar-refractivity contribution >= 4 is 126 Å². The molecule has 2 fully saturated rings. The molecule has 0 aliphatic carbocycles. The van der Waals surface area contributed by atoms with Crippen LogP contribution >= 0.6 is 102 Å². The number of carbonyl (C=O) groups is 4. The lowest BCUT2D eigenvalue weighted by Crippen LogP contribution is -2.42. The molecule has 16 heteroatoms. The molecule has 0 aromatic heterocycles. The van der Waals surface area contributed by atoms with Crippen LogP contribution in [0, 0.1) is 14.3 Å². The van der Waals surface area contributed by atoms with E-state index in [0.717, 1.165) is 50.6 Å². The van der Waals surface area contributed by atoms with Gasteiger partial charge in [-0.3, -0.25) is 9.59 Å². The molecule has 2 aliphatic heterocycles. The van der Waals surface area contributed by atoms with Gasteiger partial charge in [0.1, 0.15) is 17.5 Å². The maximum atomic E-state index is 12.6. The number of aromatic hydroxyl groups is 1. The highest BCUT2D eigenvalue weighted by Crippen LogP contribution is 2.37. The molecule has 4 amide bonds. The normalized spacial score (nSPS) is 19.0. The molecule has 2 saturated heterocycles. The Kier molecular flexibility index (Phi) is 15.5. The first-order chi connectivity index (χ1) is 22.4. The Hall–Kier alpha value is -1.01. The van der Waals surface area contributed by atoms with Crippen LogP contribution in [-0.4, -0.2) is 69.7 Å². The number of amides is 4. The Morgan fingerprint density at radius 2 is 1.57 bits per heavy atom. The second kappa shape index (κ2) is 18.8. The lowest BCUT2D eigenvalue weighted by Gasteiger charge is -2.17. The minimum absolute atomic E-state index is 0.0219. The number of carbonyl (C=O) groups excluding carboxylic acids is 3. The predicted molar refractivity (Wildman–Crippen MR) is 214 cm³/mol. The van der Waals surface area contributed by atoms with Crippen molar-refractivity contribution in [3.8, 4) is 17.2 Å². The summed E-state index contributed by atoms with van der Waals surface area (Å²) in [4.78, 5) is 48.2. The second-order valence-corrected chi connectivity index (χ2v) is 17.3. The fourth-order valence-corrected chi connectivity index (χ4v) is 10.8. The lowest BCUT2D eigenvalue weighted by atomic mass is 10.0. The minimum Gasteiger partial charge on any atom is -0.506 e. The number of benzene rings is 2. The summed E-state index contributed by atoms with van der Waals surface area (Å²) in [6, 6.07) is 6.45. The maximum absolute atomic E-state index is 12.6. The van der Waals surface area contributed by atoms with Gasteiger partial charge in [0.25, 0.3) is 0 Å². The maximum Gasteiger partial charge on any atom is 0.326 e. The van der Waals surface area contributed by atoms with Crippen LogP contribution in [0.25, 0.3) is 0 Å². The van der Waals surface area contributed by atoms with Crippen LogP contribution in [0.3, 0.4) is 0 Å². The van der Waals surface area contributed by atoms with Gasteiger partial charge >= 0.3 is 12.0 Å². The standard InChI is InChI=1S/C31H36I4N4O7S/c32-18-13-17(14-19(33)28(18)42)46-29-20(34)10-16(11-21(29)35)12-22(30(43)44)37-26(41)8-2-1-5-9-36-25(40)7-4-3-6-24-27-23(15-47-24)38-31(45)39-27/h10-11,13-14,22-24,27,42H,1-9,12,15H2,(H,36,40)(H,37,41)(H,43,44)(H2,38,39,45)/t22-,23-,24-,27-/m0/s1. The molecule has 4 rings (SSSR count). The molecule has 2 aliphatic rings. The summed E-state index contributed by atoms with van der Waals surface area (Å²) in [5.41, 5.74) is 0.759. The molecule has 0 spiro atoms. The molecule has 256 valence electrons. The van der Waals surface area contributed by atoms with E-state index in [0.29, 0.717) is 43.3 Å². The molecule has 2 heterocycles. The van der Waals surface area contributed by atoms with Gasteiger partial charge in [-0.15, -0.1) is 0 Å². The molecule has 2 aromatic carbocycles.